The quantitative estimate of drug-likeness (QED) is 0.922. The number of hydrogen-bond donors (Lipinski definition) is 1. The van der Waals surface area contributed by atoms with Gasteiger partial charge in [-0.25, -0.2) is 0 Å². The molecule has 3 atom stereocenters. The first-order valence-electron chi connectivity index (χ1n) is 8.44. The minimum Gasteiger partial charge on any atom is -0.333 e. The smallest absolute Gasteiger partial charge is 0.249 e. The summed E-state index contributed by atoms with van der Waals surface area (Å²) in [6.45, 7) is 3.66. The number of amides is 2. The molecule has 23 heavy (non-hydrogen) atoms. The Morgan fingerprint density at radius 2 is 2.00 bits per heavy atom. The van der Waals surface area contributed by atoms with E-state index in [1.54, 1.807) is 16.8 Å². The van der Waals surface area contributed by atoms with E-state index in [-0.39, 0.29) is 23.8 Å². The van der Waals surface area contributed by atoms with E-state index in [2.05, 4.69) is 12.2 Å². The summed E-state index contributed by atoms with van der Waals surface area (Å²) in [4.78, 5) is 28.9. The van der Waals surface area contributed by atoms with Crippen molar-refractivity contribution in [3.63, 3.8) is 0 Å². The lowest BCUT2D eigenvalue weighted by Crippen LogP contribution is -2.48. The standard InChI is InChI=1S/C18H25N3O2/c1-13-12-14(8-10-19-13)17(22)20(2)16-9-11-21(18(16)23)15-6-4-3-5-7-15/h3-7,13-14,16,19H,8-12H2,1-2H3/t13-,14-,16?/m0/s1. The summed E-state index contributed by atoms with van der Waals surface area (Å²) in [6.07, 6.45) is 2.42. The SMILES string of the molecule is C[C@H]1C[C@@H](C(=O)N(C)C2CCN(c3ccccc3)C2=O)CCN1. The lowest BCUT2D eigenvalue weighted by atomic mass is 9.91. The second-order valence-corrected chi connectivity index (χ2v) is 6.66. The maximum absolute atomic E-state index is 12.7. The van der Waals surface area contributed by atoms with Crippen LogP contribution in [0.4, 0.5) is 5.69 Å². The van der Waals surface area contributed by atoms with Gasteiger partial charge in [-0.2, -0.15) is 0 Å². The number of likely N-dealkylation sites (N-methyl/N-ethyl adjacent to an activating group) is 1. The molecule has 0 aliphatic carbocycles. The number of hydrogen-bond acceptors (Lipinski definition) is 3. The maximum Gasteiger partial charge on any atom is 0.249 e. The monoisotopic (exact) mass is 315 g/mol. The second kappa shape index (κ2) is 6.71. The van der Waals surface area contributed by atoms with Crippen molar-refractivity contribution >= 4 is 17.5 Å². The number of carbonyl (C=O) groups is 2. The van der Waals surface area contributed by atoms with Gasteiger partial charge in [-0.15, -0.1) is 0 Å². The van der Waals surface area contributed by atoms with Crippen LogP contribution < -0.4 is 10.2 Å². The number of piperidine rings is 1. The van der Waals surface area contributed by atoms with Gasteiger partial charge in [-0.1, -0.05) is 18.2 Å². The highest BCUT2D eigenvalue weighted by Crippen LogP contribution is 2.26. The molecule has 5 nitrogen and oxygen atoms in total. The van der Waals surface area contributed by atoms with Gasteiger partial charge in [-0.3, -0.25) is 9.59 Å². The molecular weight excluding hydrogens is 290 g/mol. The predicted molar refractivity (Wildman–Crippen MR) is 90.2 cm³/mol. The van der Waals surface area contributed by atoms with Crippen molar-refractivity contribution in [2.24, 2.45) is 5.92 Å². The number of benzene rings is 1. The molecule has 0 saturated carbocycles. The summed E-state index contributed by atoms with van der Waals surface area (Å²) in [5, 5.41) is 3.37. The van der Waals surface area contributed by atoms with Gasteiger partial charge in [0, 0.05) is 31.2 Å². The van der Waals surface area contributed by atoms with Gasteiger partial charge < -0.3 is 15.1 Å². The Bertz CT molecular complexity index is 575. The van der Waals surface area contributed by atoms with Crippen molar-refractivity contribution < 1.29 is 9.59 Å². The molecular formula is C18H25N3O2. The van der Waals surface area contributed by atoms with Crippen LogP contribution >= 0.6 is 0 Å². The molecule has 1 N–H and O–H groups in total. The third-order valence-corrected chi connectivity index (χ3v) is 5.03. The molecule has 2 amide bonds. The van der Waals surface area contributed by atoms with Crippen LogP contribution in [0.15, 0.2) is 30.3 Å². The molecule has 2 saturated heterocycles. The van der Waals surface area contributed by atoms with Crippen LogP contribution in [0, 0.1) is 5.92 Å². The number of carbonyl (C=O) groups excluding carboxylic acids is 2. The van der Waals surface area contributed by atoms with E-state index in [1.165, 1.54) is 0 Å². The molecule has 0 spiro atoms. The first-order valence-corrected chi connectivity index (χ1v) is 8.44. The first kappa shape index (κ1) is 16.0. The Morgan fingerprint density at radius 3 is 2.70 bits per heavy atom. The van der Waals surface area contributed by atoms with Crippen molar-refractivity contribution in [1.82, 2.24) is 10.2 Å². The summed E-state index contributed by atoms with van der Waals surface area (Å²) in [6, 6.07) is 9.73. The second-order valence-electron chi connectivity index (χ2n) is 6.66. The van der Waals surface area contributed by atoms with E-state index >= 15 is 0 Å². The van der Waals surface area contributed by atoms with E-state index in [0.717, 1.165) is 25.1 Å². The molecule has 1 aromatic carbocycles. The third-order valence-electron chi connectivity index (χ3n) is 5.03. The lowest BCUT2D eigenvalue weighted by molar-refractivity contribution is -0.141. The Hall–Kier alpha value is -1.88. The topological polar surface area (TPSA) is 52.7 Å². The first-order chi connectivity index (χ1) is 11.1. The average Bonchev–Trinajstić information content (AvgIpc) is 2.96. The maximum atomic E-state index is 12.7. The third kappa shape index (κ3) is 3.24. The molecule has 0 radical (unpaired) electrons. The highest BCUT2D eigenvalue weighted by molar-refractivity contribution is 6.01. The Balaban J connectivity index is 1.67. The molecule has 2 fully saturated rings. The van der Waals surface area contributed by atoms with Crippen molar-refractivity contribution in [3.05, 3.63) is 30.3 Å². The lowest BCUT2D eigenvalue weighted by Gasteiger charge is -2.32. The number of para-hydroxylation sites is 1. The van der Waals surface area contributed by atoms with E-state index in [0.29, 0.717) is 19.0 Å². The van der Waals surface area contributed by atoms with Crippen LogP contribution in [-0.4, -0.2) is 48.9 Å². The summed E-state index contributed by atoms with van der Waals surface area (Å²) in [5.41, 5.74) is 0.913. The van der Waals surface area contributed by atoms with Gasteiger partial charge in [0.25, 0.3) is 0 Å². The molecule has 3 rings (SSSR count). The molecule has 2 heterocycles. The largest absolute Gasteiger partial charge is 0.333 e. The van der Waals surface area contributed by atoms with Crippen molar-refractivity contribution in [2.75, 3.05) is 25.0 Å². The number of anilines is 1. The molecule has 2 aliphatic heterocycles. The molecule has 0 bridgehead atoms. The van der Waals surface area contributed by atoms with Crippen LogP contribution in [0.25, 0.3) is 0 Å². The summed E-state index contributed by atoms with van der Waals surface area (Å²) in [5.74, 6) is 0.190. The van der Waals surface area contributed by atoms with E-state index in [1.807, 2.05) is 30.3 Å². The summed E-state index contributed by atoms with van der Waals surface area (Å²) in [7, 11) is 1.78. The zero-order chi connectivity index (χ0) is 16.4. The zero-order valence-corrected chi connectivity index (χ0v) is 13.9. The van der Waals surface area contributed by atoms with Gasteiger partial charge in [0.1, 0.15) is 6.04 Å². The van der Waals surface area contributed by atoms with Gasteiger partial charge in [0.2, 0.25) is 11.8 Å². The van der Waals surface area contributed by atoms with Crippen molar-refractivity contribution in [1.29, 1.82) is 0 Å². The van der Waals surface area contributed by atoms with Gasteiger partial charge in [0.15, 0.2) is 0 Å². The molecule has 0 aromatic heterocycles. The minimum atomic E-state index is -0.326. The van der Waals surface area contributed by atoms with Crippen LogP contribution in [0.5, 0.6) is 0 Å². The molecule has 2 aliphatic rings. The fourth-order valence-electron chi connectivity index (χ4n) is 3.69. The van der Waals surface area contributed by atoms with Gasteiger partial charge in [0.05, 0.1) is 0 Å². The van der Waals surface area contributed by atoms with Crippen LogP contribution in [0.3, 0.4) is 0 Å². The van der Waals surface area contributed by atoms with Gasteiger partial charge >= 0.3 is 0 Å². The Kier molecular flexibility index (Phi) is 4.66. The zero-order valence-electron chi connectivity index (χ0n) is 13.9. The summed E-state index contributed by atoms with van der Waals surface area (Å²) < 4.78 is 0. The predicted octanol–water partition coefficient (Wildman–Crippen LogP) is 1.64. The minimum absolute atomic E-state index is 0.0361. The number of nitrogens with zero attached hydrogens (tertiary/aromatic N) is 2. The molecule has 1 unspecified atom stereocenters. The molecule has 1 aromatic rings. The van der Waals surface area contributed by atoms with E-state index < -0.39 is 0 Å². The summed E-state index contributed by atoms with van der Waals surface area (Å²) >= 11 is 0. The number of nitrogens with one attached hydrogen (secondary N) is 1. The normalized spacial score (nSPS) is 28.0. The van der Waals surface area contributed by atoms with Crippen LogP contribution in [0.1, 0.15) is 26.2 Å². The Labute approximate surface area is 137 Å². The van der Waals surface area contributed by atoms with E-state index in [9.17, 15) is 9.59 Å². The average molecular weight is 315 g/mol. The van der Waals surface area contributed by atoms with Crippen molar-refractivity contribution in [3.8, 4) is 0 Å². The molecule has 5 heteroatoms. The van der Waals surface area contributed by atoms with E-state index in [4.69, 9.17) is 0 Å². The highest BCUT2D eigenvalue weighted by Gasteiger charge is 2.39. The van der Waals surface area contributed by atoms with Gasteiger partial charge in [-0.05, 0) is 44.9 Å². The van der Waals surface area contributed by atoms with Crippen molar-refractivity contribution in [2.45, 2.75) is 38.3 Å². The number of rotatable bonds is 3. The highest BCUT2D eigenvalue weighted by atomic mass is 16.2. The van der Waals surface area contributed by atoms with Crippen LogP contribution in [0.2, 0.25) is 0 Å². The fourth-order valence-corrected chi connectivity index (χ4v) is 3.69. The van der Waals surface area contributed by atoms with Crippen LogP contribution in [-0.2, 0) is 9.59 Å². The Morgan fingerprint density at radius 1 is 1.26 bits per heavy atom. The fraction of sp³-hybridized carbons (Fsp3) is 0.556. The molecule has 124 valence electrons.